The highest BCUT2D eigenvalue weighted by Crippen LogP contribution is 2.36. The van der Waals surface area contributed by atoms with Crippen LogP contribution < -0.4 is 10.6 Å². The molecule has 2 atom stereocenters. The number of nitrogens with one attached hydrogen (secondary N) is 2. The van der Waals surface area contributed by atoms with E-state index in [4.69, 9.17) is 0 Å². The molecule has 0 saturated carbocycles. The Morgan fingerprint density at radius 3 is 3.06 bits per heavy atom. The summed E-state index contributed by atoms with van der Waals surface area (Å²) in [5, 5.41) is 7.22. The van der Waals surface area contributed by atoms with Gasteiger partial charge in [0.2, 0.25) is 0 Å². The van der Waals surface area contributed by atoms with E-state index in [-0.39, 0.29) is 0 Å². The zero-order chi connectivity index (χ0) is 10.8. The Morgan fingerprint density at radius 2 is 2.19 bits per heavy atom. The lowest BCUT2D eigenvalue weighted by Crippen LogP contribution is -2.35. The third-order valence-corrected chi connectivity index (χ3v) is 4.58. The number of fused-ring (bicyclic) bond motifs is 1. The maximum atomic E-state index is 3.80. The van der Waals surface area contributed by atoms with Crippen molar-refractivity contribution in [2.75, 3.05) is 18.8 Å². The lowest BCUT2D eigenvalue weighted by Gasteiger charge is -2.28. The minimum absolute atomic E-state index is 0.572. The zero-order valence-electron chi connectivity index (χ0n) is 9.41. The zero-order valence-corrected chi connectivity index (χ0v) is 10.2. The molecule has 0 amide bonds. The molecule has 16 heavy (non-hydrogen) atoms. The molecule has 2 nitrogen and oxygen atoms in total. The Hall–Kier alpha value is -0.510. The SMILES string of the molecule is c1ccc2c(c1)SCCC2NC1CCNC1. The fourth-order valence-electron chi connectivity index (χ4n) is 2.60. The first-order chi connectivity index (χ1) is 7.93. The van der Waals surface area contributed by atoms with E-state index < -0.39 is 0 Å². The number of hydrogen-bond donors (Lipinski definition) is 2. The molecule has 2 heterocycles. The molecular weight excluding hydrogens is 216 g/mol. The number of rotatable bonds is 2. The minimum Gasteiger partial charge on any atom is -0.315 e. The normalized spacial score (nSPS) is 29.0. The number of hydrogen-bond acceptors (Lipinski definition) is 3. The molecule has 0 spiro atoms. The van der Waals surface area contributed by atoms with E-state index in [1.807, 2.05) is 11.8 Å². The molecule has 1 aromatic rings. The van der Waals surface area contributed by atoms with Gasteiger partial charge >= 0.3 is 0 Å². The molecule has 0 aromatic heterocycles. The van der Waals surface area contributed by atoms with Gasteiger partial charge in [-0.2, -0.15) is 0 Å². The first-order valence-electron chi connectivity index (χ1n) is 6.12. The van der Waals surface area contributed by atoms with Crippen LogP contribution in [0.5, 0.6) is 0 Å². The Labute approximate surface area is 101 Å². The van der Waals surface area contributed by atoms with Crippen molar-refractivity contribution < 1.29 is 0 Å². The Morgan fingerprint density at radius 1 is 1.25 bits per heavy atom. The van der Waals surface area contributed by atoms with Crippen LogP contribution in [0.2, 0.25) is 0 Å². The van der Waals surface area contributed by atoms with Crippen LogP contribution in [0.15, 0.2) is 29.2 Å². The van der Waals surface area contributed by atoms with Crippen molar-refractivity contribution in [3.8, 4) is 0 Å². The van der Waals surface area contributed by atoms with Crippen LogP contribution >= 0.6 is 11.8 Å². The van der Waals surface area contributed by atoms with Crippen molar-refractivity contribution in [2.45, 2.75) is 29.8 Å². The second-order valence-corrected chi connectivity index (χ2v) is 5.72. The summed E-state index contributed by atoms with van der Waals surface area (Å²) in [5.41, 5.74) is 1.51. The summed E-state index contributed by atoms with van der Waals surface area (Å²) in [7, 11) is 0. The van der Waals surface area contributed by atoms with E-state index in [2.05, 4.69) is 34.9 Å². The van der Waals surface area contributed by atoms with E-state index in [1.165, 1.54) is 35.6 Å². The topological polar surface area (TPSA) is 24.1 Å². The molecule has 1 aromatic carbocycles. The molecule has 2 N–H and O–H groups in total. The second kappa shape index (κ2) is 4.78. The van der Waals surface area contributed by atoms with Gasteiger partial charge in [0.15, 0.2) is 0 Å². The Bertz CT molecular complexity index is 361. The van der Waals surface area contributed by atoms with E-state index in [1.54, 1.807) is 0 Å². The maximum absolute atomic E-state index is 3.80. The van der Waals surface area contributed by atoms with Gasteiger partial charge in [0.25, 0.3) is 0 Å². The quantitative estimate of drug-likeness (QED) is 0.820. The highest BCUT2D eigenvalue weighted by atomic mass is 32.2. The monoisotopic (exact) mass is 234 g/mol. The molecule has 3 heteroatoms. The van der Waals surface area contributed by atoms with Gasteiger partial charge in [-0.15, -0.1) is 11.8 Å². The van der Waals surface area contributed by atoms with Crippen LogP contribution in [0.4, 0.5) is 0 Å². The van der Waals surface area contributed by atoms with Crippen LogP contribution in [0.3, 0.4) is 0 Å². The van der Waals surface area contributed by atoms with Gasteiger partial charge in [0.05, 0.1) is 0 Å². The van der Waals surface area contributed by atoms with Gasteiger partial charge in [0.1, 0.15) is 0 Å². The standard InChI is InChI=1S/C13H18N2S/c1-2-4-13-11(3-1)12(6-8-16-13)15-10-5-7-14-9-10/h1-4,10,12,14-15H,5-9H2. The Balaban J connectivity index is 1.76. The molecular formula is C13H18N2S. The summed E-state index contributed by atoms with van der Waals surface area (Å²) in [5.74, 6) is 1.24. The van der Waals surface area contributed by atoms with Gasteiger partial charge in [0, 0.05) is 23.5 Å². The highest BCUT2D eigenvalue weighted by Gasteiger charge is 2.24. The minimum atomic E-state index is 0.572. The summed E-state index contributed by atoms with van der Waals surface area (Å²) >= 11 is 1.99. The molecule has 0 bridgehead atoms. The summed E-state index contributed by atoms with van der Waals surface area (Å²) in [6.07, 6.45) is 2.53. The summed E-state index contributed by atoms with van der Waals surface area (Å²) in [6.45, 7) is 2.30. The molecule has 1 saturated heterocycles. The smallest absolute Gasteiger partial charge is 0.0342 e. The molecule has 1 fully saturated rings. The van der Waals surface area contributed by atoms with Crippen molar-refractivity contribution in [2.24, 2.45) is 0 Å². The first kappa shape index (κ1) is 10.6. The van der Waals surface area contributed by atoms with Crippen LogP contribution in [0.1, 0.15) is 24.4 Å². The Kier molecular flexibility index (Phi) is 3.18. The van der Waals surface area contributed by atoms with Crippen LogP contribution in [-0.4, -0.2) is 24.9 Å². The van der Waals surface area contributed by atoms with E-state index in [0.717, 1.165) is 6.54 Å². The number of thioether (sulfide) groups is 1. The molecule has 0 aliphatic carbocycles. The fourth-order valence-corrected chi connectivity index (χ4v) is 3.72. The second-order valence-electron chi connectivity index (χ2n) is 4.58. The van der Waals surface area contributed by atoms with Gasteiger partial charge in [-0.1, -0.05) is 18.2 Å². The third-order valence-electron chi connectivity index (χ3n) is 3.46. The molecule has 2 unspecified atom stereocenters. The van der Waals surface area contributed by atoms with Crippen molar-refractivity contribution in [1.82, 2.24) is 10.6 Å². The van der Waals surface area contributed by atoms with Gasteiger partial charge in [-0.25, -0.2) is 0 Å². The van der Waals surface area contributed by atoms with Crippen LogP contribution in [0.25, 0.3) is 0 Å². The van der Waals surface area contributed by atoms with Crippen LogP contribution in [-0.2, 0) is 0 Å². The average Bonchev–Trinajstić information content (AvgIpc) is 2.82. The number of benzene rings is 1. The predicted octanol–water partition coefficient (Wildman–Crippen LogP) is 2.17. The van der Waals surface area contributed by atoms with Crippen molar-refractivity contribution >= 4 is 11.8 Å². The van der Waals surface area contributed by atoms with Gasteiger partial charge in [-0.05, 0) is 36.8 Å². The molecule has 0 radical (unpaired) electrons. The lowest BCUT2D eigenvalue weighted by molar-refractivity contribution is 0.439. The molecule has 2 aliphatic rings. The highest BCUT2D eigenvalue weighted by molar-refractivity contribution is 7.99. The van der Waals surface area contributed by atoms with Crippen LogP contribution in [0, 0.1) is 0 Å². The van der Waals surface area contributed by atoms with E-state index in [9.17, 15) is 0 Å². The van der Waals surface area contributed by atoms with E-state index in [0.29, 0.717) is 12.1 Å². The largest absolute Gasteiger partial charge is 0.315 e. The molecule has 86 valence electrons. The van der Waals surface area contributed by atoms with Crippen molar-refractivity contribution in [1.29, 1.82) is 0 Å². The third kappa shape index (κ3) is 2.12. The maximum Gasteiger partial charge on any atom is 0.0342 e. The summed E-state index contributed by atoms with van der Waals surface area (Å²) < 4.78 is 0. The average molecular weight is 234 g/mol. The van der Waals surface area contributed by atoms with Gasteiger partial charge < -0.3 is 10.6 Å². The summed E-state index contributed by atoms with van der Waals surface area (Å²) in [4.78, 5) is 1.47. The van der Waals surface area contributed by atoms with Crippen molar-refractivity contribution in [3.05, 3.63) is 29.8 Å². The van der Waals surface area contributed by atoms with Crippen molar-refractivity contribution in [3.63, 3.8) is 0 Å². The van der Waals surface area contributed by atoms with Gasteiger partial charge in [-0.3, -0.25) is 0 Å². The predicted molar refractivity (Wildman–Crippen MR) is 68.9 cm³/mol. The summed E-state index contributed by atoms with van der Waals surface area (Å²) in [6, 6.07) is 10.1. The lowest BCUT2D eigenvalue weighted by atomic mass is 10.0. The molecule has 2 aliphatic heterocycles. The fraction of sp³-hybridized carbons (Fsp3) is 0.538. The van der Waals surface area contributed by atoms with E-state index >= 15 is 0 Å². The molecule has 3 rings (SSSR count). The first-order valence-corrected chi connectivity index (χ1v) is 7.10.